The van der Waals surface area contributed by atoms with Gasteiger partial charge in [-0.25, -0.2) is 0 Å². The van der Waals surface area contributed by atoms with E-state index in [2.05, 4.69) is 11.9 Å². The minimum absolute atomic E-state index is 0.197. The molecule has 11 heavy (non-hydrogen) atoms. The molecule has 0 spiro atoms. The molecule has 0 saturated carbocycles. The number of likely N-dealkylation sites (tertiary alicyclic amines) is 1. The molecule has 0 aromatic rings. The molecule has 3 heteroatoms. The largest absolute Gasteiger partial charge is 0.373 e. The summed E-state index contributed by atoms with van der Waals surface area (Å²) in [6.45, 7) is 6.02. The van der Waals surface area contributed by atoms with Gasteiger partial charge in [0.15, 0.2) is 0 Å². The van der Waals surface area contributed by atoms with Gasteiger partial charge in [0.25, 0.3) is 0 Å². The molecule has 0 aliphatic carbocycles. The molecule has 1 aliphatic heterocycles. The first-order valence-electron chi connectivity index (χ1n) is 4.19. The van der Waals surface area contributed by atoms with Crippen LogP contribution in [0.3, 0.4) is 0 Å². The predicted octanol–water partition coefficient (Wildman–Crippen LogP) is 0.0527. The molecule has 2 unspecified atom stereocenters. The van der Waals surface area contributed by atoms with Gasteiger partial charge in [-0.2, -0.15) is 0 Å². The van der Waals surface area contributed by atoms with Gasteiger partial charge in [0.1, 0.15) is 0 Å². The molecule has 0 amide bonds. The molecule has 66 valence electrons. The summed E-state index contributed by atoms with van der Waals surface area (Å²) in [7, 11) is 2.07. The quantitative estimate of drug-likeness (QED) is 0.617. The van der Waals surface area contributed by atoms with E-state index in [0.717, 1.165) is 13.1 Å². The molecule has 1 rings (SSSR count). The lowest BCUT2D eigenvalue weighted by Gasteiger charge is -2.17. The third-order valence-electron chi connectivity index (χ3n) is 1.94. The van der Waals surface area contributed by atoms with Gasteiger partial charge < -0.3 is 15.4 Å². The lowest BCUT2D eigenvalue weighted by atomic mass is 10.2. The molecule has 0 aromatic carbocycles. The van der Waals surface area contributed by atoms with Crippen molar-refractivity contribution in [2.75, 3.05) is 20.1 Å². The van der Waals surface area contributed by atoms with Crippen molar-refractivity contribution in [3.63, 3.8) is 0 Å². The topological polar surface area (TPSA) is 38.5 Å². The van der Waals surface area contributed by atoms with E-state index in [1.165, 1.54) is 0 Å². The molecule has 1 saturated heterocycles. The molecular formula is C8H18N2O. The number of ether oxygens (including phenoxy) is 1. The average Bonchev–Trinajstić information content (AvgIpc) is 2.09. The van der Waals surface area contributed by atoms with Gasteiger partial charge >= 0.3 is 0 Å². The first-order chi connectivity index (χ1) is 5.09. The standard InChI is InChI=1S/C8H18N2O/c1-6(2)11-8-5-10(3)4-7(8)9/h6-8H,4-5,9H2,1-3H3. The number of likely N-dealkylation sites (N-methyl/N-ethyl adjacent to an activating group) is 1. The Balaban J connectivity index is 2.34. The van der Waals surface area contributed by atoms with Crippen molar-refractivity contribution < 1.29 is 4.74 Å². The number of hydrogen-bond acceptors (Lipinski definition) is 3. The zero-order chi connectivity index (χ0) is 8.43. The van der Waals surface area contributed by atoms with Crippen LogP contribution >= 0.6 is 0 Å². The van der Waals surface area contributed by atoms with Crippen LogP contribution in [0.5, 0.6) is 0 Å². The van der Waals surface area contributed by atoms with Crippen molar-refractivity contribution in [2.45, 2.75) is 32.1 Å². The van der Waals surface area contributed by atoms with Crippen LogP contribution in [-0.2, 0) is 4.74 Å². The Hall–Kier alpha value is -0.120. The molecule has 1 fully saturated rings. The van der Waals surface area contributed by atoms with E-state index in [0.29, 0.717) is 0 Å². The van der Waals surface area contributed by atoms with Crippen LogP contribution in [0.4, 0.5) is 0 Å². The highest BCUT2D eigenvalue weighted by Gasteiger charge is 2.28. The lowest BCUT2D eigenvalue weighted by Crippen LogP contribution is -2.36. The molecule has 0 radical (unpaired) electrons. The van der Waals surface area contributed by atoms with E-state index in [1.807, 2.05) is 13.8 Å². The predicted molar refractivity (Wildman–Crippen MR) is 45.5 cm³/mol. The number of nitrogens with zero attached hydrogens (tertiary/aromatic N) is 1. The fraction of sp³-hybridized carbons (Fsp3) is 1.00. The third kappa shape index (κ3) is 2.43. The summed E-state index contributed by atoms with van der Waals surface area (Å²) in [5, 5.41) is 0. The summed E-state index contributed by atoms with van der Waals surface area (Å²) in [6, 6.07) is 0.197. The Morgan fingerprint density at radius 2 is 2.09 bits per heavy atom. The van der Waals surface area contributed by atoms with E-state index in [1.54, 1.807) is 0 Å². The van der Waals surface area contributed by atoms with Crippen LogP contribution in [0.1, 0.15) is 13.8 Å². The Kier molecular flexibility index (Phi) is 2.87. The van der Waals surface area contributed by atoms with Crippen LogP contribution in [0, 0.1) is 0 Å². The third-order valence-corrected chi connectivity index (χ3v) is 1.94. The maximum absolute atomic E-state index is 5.85. The summed E-state index contributed by atoms with van der Waals surface area (Å²) < 4.78 is 5.63. The molecule has 2 atom stereocenters. The number of nitrogens with two attached hydrogens (primary N) is 1. The van der Waals surface area contributed by atoms with Crippen LogP contribution in [-0.4, -0.2) is 43.3 Å². The highest BCUT2D eigenvalue weighted by Crippen LogP contribution is 2.11. The van der Waals surface area contributed by atoms with Crippen molar-refractivity contribution in [3.8, 4) is 0 Å². The van der Waals surface area contributed by atoms with Crippen molar-refractivity contribution in [3.05, 3.63) is 0 Å². The Labute approximate surface area is 68.5 Å². The summed E-state index contributed by atoms with van der Waals surface area (Å²) in [4.78, 5) is 2.21. The maximum Gasteiger partial charge on any atom is 0.0868 e. The van der Waals surface area contributed by atoms with Crippen molar-refractivity contribution in [2.24, 2.45) is 5.73 Å². The molecule has 0 aromatic heterocycles. The van der Waals surface area contributed by atoms with Crippen molar-refractivity contribution in [1.29, 1.82) is 0 Å². The van der Waals surface area contributed by atoms with Crippen molar-refractivity contribution in [1.82, 2.24) is 4.90 Å². The minimum atomic E-state index is 0.197. The fourth-order valence-corrected chi connectivity index (χ4v) is 1.49. The number of hydrogen-bond donors (Lipinski definition) is 1. The number of rotatable bonds is 2. The van der Waals surface area contributed by atoms with Gasteiger partial charge in [-0.15, -0.1) is 0 Å². The van der Waals surface area contributed by atoms with Gasteiger partial charge in [0.2, 0.25) is 0 Å². The lowest BCUT2D eigenvalue weighted by molar-refractivity contribution is 0.00806. The van der Waals surface area contributed by atoms with Gasteiger partial charge in [-0.1, -0.05) is 0 Å². The van der Waals surface area contributed by atoms with Crippen LogP contribution in [0.15, 0.2) is 0 Å². The van der Waals surface area contributed by atoms with Gasteiger partial charge in [-0.3, -0.25) is 0 Å². The van der Waals surface area contributed by atoms with Gasteiger partial charge in [0, 0.05) is 19.1 Å². The highest BCUT2D eigenvalue weighted by molar-refractivity contribution is 4.86. The van der Waals surface area contributed by atoms with E-state index in [4.69, 9.17) is 10.5 Å². The maximum atomic E-state index is 5.85. The Morgan fingerprint density at radius 3 is 2.45 bits per heavy atom. The second-order valence-corrected chi connectivity index (χ2v) is 3.61. The molecule has 0 bridgehead atoms. The zero-order valence-electron chi connectivity index (χ0n) is 7.58. The molecular weight excluding hydrogens is 140 g/mol. The summed E-state index contributed by atoms with van der Waals surface area (Å²) in [6.07, 6.45) is 0.526. The summed E-state index contributed by atoms with van der Waals surface area (Å²) in [5.74, 6) is 0. The first kappa shape index (κ1) is 8.97. The second-order valence-electron chi connectivity index (χ2n) is 3.61. The SMILES string of the molecule is CC(C)OC1CN(C)CC1N. The van der Waals surface area contributed by atoms with Crippen LogP contribution in [0.2, 0.25) is 0 Å². The minimum Gasteiger partial charge on any atom is -0.373 e. The smallest absolute Gasteiger partial charge is 0.0868 e. The molecule has 1 heterocycles. The van der Waals surface area contributed by atoms with Crippen LogP contribution in [0.25, 0.3) is 0 Å². The second kappa shape index (κ2) is 3.52. The van der Waals surface area contributed by atoms with Crippen LogP contribution < -0.4 is 5.73 Å². The Bertz CT molecular complexity index is 127. The molecule has 2 N–H and O–H groups in total. The van der Waals surface area contributed by atoms with E-state index >= 15 is 0 Å². The monoisotopic (exact) mass is 158 g/mol. The normalized spacial score (nSPS) is 33.5. The Morgan fingerprint density at radius 1 is 1.45 bits per heavy atom. The summed E-state index contributed by atoms with van der Waals surface area (Å²) >= 11 is 0. The van der Waals surface area contributed by atoms with Gasteiger partial charge in [0.05, 0.1) is 12.2 Å². The zero-order valence-corrected chi connectivity index (χ0v) is 7.58. The van der Waals surface area contributed by atoms with E-state index in [-0.39, 0.29) is 18.2 Å². The van der Waals surface area contributed by atoms with Gasteiger partial charge in [-0.05, 0) is 20.9 Å². The van der Waals surface area contributed by atoms with Crippen molar-refractivity contribution >= 4 is 0 Å². The van der Waals surface area contributed by atoms with E-state index in [9.17, 15) is 0 Å². The molecule has 3 nitrogen and oxygen atoms in total. The average molecular weight is 158 g/mol. The van der Waals surface area contributed by atoms with E-state index < -0.39 is 0 Å². The first-order valence-corrected chi connectivity index (χ1v) is 4.19. The fourth-order valence-electron chi connectivity index (χ4n) is 1.49. The highest BCUT2D eigenvalue weighted by atomic mass is 16.5. The molecule has 1 aliphatic rings. The summed E-state index contributed by atoms with van der Waals surface area (Å²) in [5.41, 5.74) is 5.85.